The van der Waals surface area contributed by atoms with E-state index < -0.39 is 0 Å². The quantitative estimate of drug-likeness (QED) is 0.312. The van der Waals surface area contributed by atoms with Crippen molar-refractivity contribution < 1.29 is 14.0 Å². The van der Waals surface area contributed by atoms with Gasteiger partial charge in [-0.1, -0.05) is 36.4 Å². The van der Waals surface area contributed by atoms with E-state index in [4.69, 9.17) is 0 Å². The number of thiazole rings is 1. The number of thioether (sulfide) groups is 1. The lowest BCUT2D eigenvalue weighted by atomic mass is 10.1. The number of hydrogen-bond acceptors (Lipinski definition) is 5. The number of halogens is 1. The molecule has 0 aliphatic carbocycles. The van der Waals surface area contributed by atoms with Crippen molar-refractivity contribution in [2.24, 2.45) is 0 Å². The molecule has 0 spiro atoms. The molecule has 0 aliphatic rings. The van der Waals surface area contributed by atoms with Gasteiger partial charge in [0, 0.05) is 21.5 Å². The summed E-state index contributed by atoms with van der Waals surface area (Å²) >= 11 is 2.68. The molecule has 4 rings (SSSR count). The Hall–Kier alpha value is -3.49. The van der Waals surface area contributed by atoms with Gasteiger partial charge >= 0.3 is 0 Å². The van der Waals surface area contributed by atoms with Gasteiger partial charge in [-0.15, -0.1) is 23.1 Å². The molecule has 1 heterocycles. The Balaban J connectivity index is 1.28. The minimum Gasteiger partial charge on any atom is -0.326 e. The normalized spacial score (nSPS) is 10.6. The molecule has 0 saturated heterocycles. The highest BCUT2D eigenvalue weighted by Crippen LogP contribution is 2.26. The van der Waals surface area contributed by atoms with Gasteiger partial charge in [0.2, 0.25) is 11.8 Å². The summed E-state index contributed by atoms with van der Waals surface area (Å²) in [4.78, 5) is 29.9. The van der Waals surface area contributed by atoms with E-state index in [1.54, 1.807) is 12.1 Å². The van der Waals surface area contributed by atoms with E-state index in [9.17, 15) is 14.0 Å². The summed E-state index contributed by atoms with van der Waals surface area (Å²) in [6.07, 6.45) is 0.300. The van der Waals surface area contributed by atoms with Crippen LogP contribution in [0, 0.1) is 5.82 Å². The van der Waals surface area contributed by atoms with E-state index in [0.29, 0.717) is 22.9 Å². The fraction of sp³-hybridized carbons (Fsp3) is 0.0800. The number of hydrogen-bond donors (Lipinski definition) is 2. The standard InChI is InChI=1S/C25H20FN3O2S2/c26-19-11-9-18(10-12-19)22-15-33-25(28-22)29-24(31)16-32-21-8-4-7-20(14-21)27-23(30)13-17-5-2-1-3-6-17/h1-12,14-15H,13,16H2,(H,27,30)(H,28,29,31). The fourth-order valence-corrected chi connectivity index (χ4v) is 4.53. The van der Waals surface area contributed by atoms with E-state index >= 15 is 0 Å². The van der Waals surface area contributed by atoms with Crippen LogP contribution < -0.4 is 10.6 Å². The van der Waals surface area contributed by atoms with Crippen LogP contribution in [0.2, 0.25) is 0 Å². The highest BCUT2D eigenvalue weighted by Gasteiger charge is 2.10. The van der Waals surface area contributed by atoms with Gasteiger partial charge in [-0.3, -0.25) is 9.59 Å². The summed E-state index contributed by atoms with van der Waals surface area (Å²) < 4.78 is 13.1. The summed E-state index contributed by atoms with van der Waals surface area (Å²) in [5.41, 5.74) is 3.10. The predicted octanol–water partition coefficient (Wildman–Crippen LogP) is 5.86. The smallest absolute Gasteiger partial charge is 0.236 e. The molecule has 0 aliphatic heterocycles. The van der Waals surface area contributed by atoms with Gasteiger partial charge in [-0.05, 0) is 48.0 Å². The average molecular weight is 478 g/mol. The van der Waals surface area contributed by atoms with Crippen LogP contribution in [0.3, 0.4) is 0 Å². The summed E-state index contributed by atoms with van der Waals surface area (Å²) in [7, 11) is 0. The SMILES string of the molecule is O=C(Cc1ccccc1)Nc1cccc(SCC(=O)Nc2nc(-c3ccc(F)cc3)cs2)c1. The largest absolute Gasteiger partial charge is 0.326 e. The first-order valence-electron chi connectivity index (χ1n) is 10.1. The Labute approximate surface area is 199 Å². The molecular formula is C25H20FN3O2S2. The molecule has 0 radical (unpaired) electrons. The van der Waals surface area contributed by atoms with E-state index in [-0.39, 0.29) is 23.4 Å². The summed E-state index contributed by atoms with van der Waals surface area (Å²) in [6.45, 7) is 0. The molecule has 0 unspecified atom stereocenters. The van der Waals surface area contributed by atoms with Crippen LogP contribution >= 0.6 is 23.1 Å². The van der Waals surface area contributed by atoms with Crippen LogP contribution in [-0.2, 0) is 16.0 Å². The molecule has 3 aromatic carbocycles. The van der Waals surface area contributed by atoms with Crippen molar-refractivity contribution >= 4 is 45.7 Å². The Kier molecular flexibility index (Phi) is 7.49. The van der Waals surface area contributed by atoms with Crippen molar-refractivity contribution in [1.82, 2.24) is 4.98 Å². The fourth-order valence-electron chi connectivity index (χ4n) is 3.04. The first-order chi connectivity index (χ1) is 16.0. The van der Waals surface area contributed by atoms with Crippen molar-refractivity contribution in [3.8, 4) is 11.3 Å². The van der Waals surface area contributed by atoms with E-state index in [1.165, 1.54) is 35.2 Å². The number of nitrogens with one attached hydrogen (secondary N) is 2. The Morgan fingerprint density at radius 1 is 0.909 bits per heavy atom. The van der Waals surface area contributed by atoms with Crippen molar-refractivity contribution in [1.29, 1.82) is 0 Å². The van der Waals surface area contributed by atoms with E-state index in [1.807, 2.05) is 60.0 Å². The number of amides is 2. The van der Waals surface area contributed by atoms with Gasteiger partial charge in [0.1, 0.15) is 5.82 Å². The number of carbonyl (C=O) groups excluding carboxylic acids is 2. The van der Waals surface area contributed by atoms with Crippen LogP contribution in [0.4, 0.5) is 15.2 Å². The maximum absolute atomic E-state index is 13.1. The van der Waals surface area contributed by atoms with Crippen LogP contribution in [0.25, 0.3) is 11.3 Å². The zero-order valence-electron chi connectivity index (χ0n) is 17.5. The van der Waals surface area contributed by atoms with Crippen LogP contribution in [0.1, 0.15) is 5.56 Å². The van der Waals surface area contributed by atoms with Crippen LogP contribution in [0.5, 0.6) is 0 Å². The lowest BCUT2D eigenvalue weighted by Crippen LogP contribution is -2.14. The van der Waals surface area contributed by atoms with Crippen molar-refractivity contribution in [2.75, 3.05) is 16.4 Å². The Morgan fingerprint density at radius 2 is 1.70 bits per heavy atom. The molecule has 166 valence electrons. The van der Waals surface area contributed by atoms with Crippen molar-refractivity contribution in [2.45, 2.75) is 11.3 Å². The Bertz CT molecular complexity index is 1240. The van der Waals surface area contributed by atoms with Crippen molar-refractivity contribution in [3.05, 3.63) is 95.6 Å². The molecule has 4 aromatic rings. The van der Waals surface area contributed by atoms with Gasteiger partial charge in [0.05, 0.1) is 17.9 Å². The molecule has 5 nitrogen and oxygen atoms in total. The second-order valence-electron chi connectivity index (χ2n) is 7.12. The molecule has 0 atom stereocenters. The number of rotatable bonds is 8. The molecule has 8 heteroatoms. The van der Waals surface area contributed by atoms with Gasteiger partial charge in [-0.25, -0.2) is 9.37 Å². The lowest BCUT2D eigenvalue weighted by Gasteiger charge is -2.08. The van der Waals surface area contributed by atoms with Crippen LogP contribution in [0.15, 0.2) is 89.1 Å². The zero-order chi connectivity index (χ0) is 23.0. The molecule has 0 saturated carbocycles. The predicted molar refractivity (Wildman–Crippen MR) is 132 cm³/mol. The first kappa shape index (κ1) is 22.7. The molecule has 2 amide bonds. The monoisotopic (exact) mass is 477 g/mol. The maximum Gasteiger partial charge on any atom is 0.236 e. The number of benzene rings is 3. The second-order valence-corrected chi connectivity index (χ2v) is 9.03. The zero-order valence-corrected chi connectivity index (χ0v) is 19.1. The average Bonchev–Trinajstić information content (AvgIpc) is 3.27. The second kappa shape index (κ2) is 10.9. The molecule has 33 heavy (non-hydrogen) atoms. The topological polar surface area (TPSA) is 71.1 Å². The minimum absolute atomic E-state index is 0.0955. The third kappa shape index (κ3) is 6.74. The van der Waals surface area contributed by atoms with Crippen molar-refractivity contribution in [3.63, 3.8) is 0 Å². The van der Waals surface area contributed by atoms with E-state index in [0.717, 1.165) is 16.0 Å². The third-order valence-electron chi connectivity index (χ3n) is 4.59. The molecule has 0 bridgehead atoms. The Morgan fingerprint density at radius 3 is 2.48 bits per heavy atom. The number of nitrogens with zero attached hydrogens (tertiary/aromatic N) is 1. The first-order valence-corrected chi connectivity index (χ1v) is 12.0. The van der Waals surface area contributed by atoms with Gasteiger partial charge in [0.15, 0.2) is 5.13 Å². The molecule has 0 fully saturated rings. The summed E-state index contributed by atoms with van der Waals surface area (Å²) in [5, 5.41) is 7.99. The van der Waals surface area contributed by atoms with E-state index in [2.05, 4.69) is 15.6 Å². The highest BCUT2D eigenvalue weighted by molar-refractivity contribution is 8.00. The number of aromatic nitrogens is 1. The van der Waals surface area contributed by atoms with Crippen LogP contribution in [-0.4, -0.2) is 22.6 Å². The highest BCUT2D eigenvalue weighted by atomic mass is 32.2. The third-order valence-corrected chi connectivity index (χ3v) is 6.34. The van der Waals surface area contributed by atoms with Gasteiger partial charge < -0.3 is 10.6 Å². The summed E-state index contributed by atoms with van der Waals surface area (Å²) in [5.74, 6) is -0.382. The minimum atomic E-state index is -0.306. The number of carbonyl (C=O) groups is 2. The number of anilines is 2. The van der Waals surface area contributed by atoms with Gasteiger partial charge in [0.25, 0.3) is 0 Å². The molecular weight excluding hydrogens is 457 g/mol. The van der Waals surface area contributed by atoms with Gasteiger partial charge in [-0.2, -0.15) is 0 Å². The summed E-state index contributed by atoms with van der Waals surface area (Å²) in [6, 6.07) is 23.0. The molecule has 1 aromatic heterocycles. The lowest BCUT2D eigenvalue weighted by molar-refractivity contribution is -0.115. The molecule has 2 N–H and O–H groups in total. The maximum atomic E-state index is 13.1.